The van der Waals surface area contributed by atoms with Crippen LogP contribution in [-0.4, -0.2) is 52.3 Å². The van der Waals surface area contributed by atoms with Gasteiger partial charge in [0.15, 0.2) is 0 Å². The molecule has 0 spiro atoms. The summed E-state index contributed by atoms with van der Waals surface area (Å²) in [6, 6.07) is 0.648. The monoisotopic (exact) mass is 265 g/mol. The maximum Gasteiger partial charge on any atom is 0.0763 e. The van der Waals surface area contributed by atoms with Crippen LogP contribution in [0.4, 0.5) is 0 Å². The van der Waals surface area contributed by atoms with Gasteiger partial charge >= 0.3 is 0 Å². The molecule has 0 aliphatic heterocycles. The van der Waals surface area contributed by atoms with Gasteiger partial charge in [-0.2, -0.15) is 0 Å². The number of hydrogen-bond acceptors (Lipinski definition) is 3. The minimum atomic E-state index is -0.283. The van der Waals surface area contributed by atoms with Gasteiger partial charge in [0.25, 0.3) is 0 Å². The van der Waals surface area contributed by atoms with Crippen LogP contribution in [0.5, 0.6) is 0 Å². The topological polar surface area (TPSA) is 43.7 Å². The molecular weight excluding hydrogens is 246 g/mol. The molecule has 4 heteroatoms. The lowest BCUT2D eigenvalue weighted by Crippen LogP contribution is -2.45. The van der Waals surface area contributed by atoms with Crippen LogP contribution in [0.1, 0.15) is 25.7 Å². The lowest BCUT2D eigenvalue weighted by Gasteiger charge is -2.38. The molecule has 14 heavy (non-hydrogen) atoms. The second-order valence-corrected chi connectivity index (χ2v) is 4.61. The summed E-state index contributed by atoms with van der Waals surface area (Å²) in [6.45, 7) is 1.88. The van der Waals surface area contributed by atoms with Crippen LogP contribution in [-0.2, 0) is 0 Å². The Bertz CT molecular complexity index is 153. The fraction of sp³-hybridized carbons (Fsp3) is 1.00. The first-order valence-electron chi connectivity index (χ1n) is 5.37. The zero-order chi connectivity index (χ0) is 10.4. The first-order chi connectivity index (χ1) is 6.77. The summed E-state index contributed by atoms with van der Waals surface area (Å²) in [5.41, 5.74) is 0. The molecule has 1 unspecified atom stereocenters. The smallest absolute Gasteiger partial charge is 0.0763 e. The van der Waals surface area contributed by atoms with Gasteiger partial charge in [0, 0.05) is 31.1 Å². The average Bonchev–Trinajstić information content (AvgIpc) is 2.11. The molecule has 0 bridgehead atoms. The van der Waals surface area contributed by atoms with Crippen LogP contribution in [0.3, 0.4) is 0 Å². The summed E-state index contributed by atoms with van der Waals surface area (Å²) < 4.78 is 0. The third-order valence-corrected chi connectivity index (χ3v) is 3.57. The molecule has 1 rings (SSSR count). The van der Waals surface area contributed by atoms with Crippen LogP contribution in [0, 0.1) is 0 Å². The highest BCUT2D eigenvalue weighted by Gasteiger charge is 2.25. The molecule has 0 radical (unpaired) electrons. The van der Waals surface area contributed by atoms with E-state index >= 15 is 0 Å². The number of rotatable bonds is 7. The van der Waals surface area contributed by atoms with Crippen molar-refractivity contribution in [2.75, 3.05) is 25.0 Å². The number of aliphatic hydroxyl groups excluding tert-OH is 2. The zero-order valence-corrected chi connectivity index (χ0v) is 10.1. The molecule has 1 aliphatic rings. The summed E-state index contributed by atoms with van der Waals surface area (Å²) >= 11 is 3.27. The Hall–Kier alpha value is 0.360. The maximum absolute atomic E-state index is 9.55. The van der Waals surface area contributed by atoms with E-state index in [2.05, 4.69) is 20.8 Å². The zero-order valence-electron chi connectivity index (χ0n) is 8.53. The van der Waals surface area contributed by atoms with Crippen molar-refractivity contribution in [2.45, 2.75) is 37.8 Å². The molecule has 1 saturated carbocycles. The van der Waals surface area contributed by atoms with E-state index in [0.717, 1.165) is 19.5 Å². The van der Waals surface area contributed by atoms with Gasteiger partial charge < -0.3 is 10.2 Å². The minimum absolute atomic E-state index is 0.244. The Balaban J connectivity index is 2.27. The Morgan fingerprint density at radius 2 is 2.14 bits per heavy atom. The van der Waals surface area contributed by atoms with Crippen molar-refractivity contribution in [3.05, 3.63) is 0 Å². The van der Waals surface area contributed by atoms with E-state index in [9.17, 15) is 5.11 Å². The van der Waals surface area contributed by atoms with Crippen LogP contribution in [0.25, 0.3) is 0 Å². The van der Waals surface area contributed by atoms with E-state index in [-0.39, 0.29) is 12.7 Å². The number of nitrogens with zero attached hydrogens (tertiary/aromatic N) is 1. The average molecular weight is 266 g/mol. The number of alkyl halides is 1. The number of aliphatic hydroxyl groups is 2. The van der Waals surface area contributed by atoms with Crippen molar-refractivity contribution in [2.24, 2.45) is 0 Å². The lowest BCUT2D eigenvalue weighted by atomic mass is 9.91. The van der Waals surface area contributed by atoms with Gasteiger partial charge in [-0.1, -0.05) is 22.4 Å². The second-order valence-electron chi connectivity index (χ2n) is 3.96. The van der Waals surface area contributed by atoms with Gasteiger partial charge in [-0.05, 0) is 19.3 Å². The Kier molecular flexibility index (Phi) is 6.01. The third kappa shape index (κ3) is 3.85. The second kappa shape index (κ2) is 6.77. The van der Waals surface area contributed by atoms with Crippen molar-refractivity contribution >= 4 is 15.9 Å². The van der Waals surface area contributed by atoms with Crippen molar-refractivity contribution in [1.82, 2.24) is 4.90 Å². The molecular formula is C10H20BrNO2. The fourth-order valence-corrected chi connectivity index (χ4v) is 1.97. The first-order valence-corrected chi connectivity index (χ1v) is 6.49. The molecule has 2 N–H and O–H groups in total. The summed E-state index contributed by atoms with van der Waals surface area (Å²) in [6.07, 6.45) is 4.34. The summed E-state index contributed by atoms with van der Waals surface area (Å²) in [4.78, 5) is 2.31. The Morgan fingerprint density at radius 1 is 1.43 bits per heavy atom. The van der Waals surface area contributed by atoms with E-state index in [1.54, 1.807) is 0 Å². The van der Waals surface area contributed by atoms with E-state index in [1.807, 2.05) is 0 Å². The molecule has 84 valence electrons. The van der Waals surface area contributed by atoms with E-state index in [1.165, 1.54) is 19.3 Å². The maximum atomic E-state index is 9.55. The normalized spacial score (nSPS) is 19.7. The molecule has 1 atom stereocenters. The number of hydrogen-bond donors (Lipinski definition) is 2. The Morgan fingerprint density at radius 3 is 2.57 bits per heavy atom. The predicted octanol–water partition coefficient (Wildman–Crippen LogP) is 0.979. The number of halogens is 1. The highest BCUT2D eigenvalue weighted by atomic mass is 79.9. The van der Waals surface area contributed by atoms with Crippen molar-refractivity contribution < 1.29 is 10.2 Å². The third-order valence-electron chi connectivity index (χ3n) is 2.82. The Labute approximate surface area is 94.2 Å². The van der Waals surface area contributed by atoms with Crippen LogP contribution in [0.2, 0.25) is 0 Å². The van der Waals surface area contributed by atoms with Gasteiger partial charge in [0.05, 0.1) is 6.10 Å². The molecule has 0 aromatic rings. The van der Waals surface area contributed by atoms with Gasteiger partial charge in [-0.3, -0.25) is 4.90 Å². The van der Waals surface area contributed by atoms with Gasteiger partial charge in [-0.15, -0.1) is 0 Å². The molecule has 1 aliphatic carbocycles. The summed E-state index contributed by atoms with van der Waals surface area (Å²) in [7, 11) is 0. The SMILES string of the molecule is OCCCN(CC(O)CBr)C1CCC1. The van der Waals surface area contributed by atoms with E-state index in [4.69, 9.17) is 5.11 Å². The van der Waals surface area contributed by atoms with Crippen molar-refractivity contribution in [1.29, 1.82) is 0 Å². The molecule has 1 fully saturated rings. The van der Waals surface area contributed by atoms with Gasteiger partial charge in [0.1, 0.15) is 0 Å². The van der Waals surface area contributed by atoms with Crippen LogP contribution >= 0.6 is 15.9 Å². The molecule has 0 aromatic carbocycles. The minimum Gasteiger partial charge on any atom is -0.396 e. The molecule has 0 amide bonds. The highest BCUT2D eigenvalue weighted by molar-refractivity contribution is 9.09. The van der Waals surface area contributed by atoms with Gasteiger partial charge in [-0.25, -0.2) is 0 Å². The summed E-state index contributed by atoms with van der Waals surface area (Å²) in [5.74, 6) is 0. The predicted molar refractivity (Wildman–Crippen MR) is 60.7 cm³/mol. The molecule has 3 nitrogen and oxygen atoms in total. The molecule has 0 heterocycles. The first kappa shape index (κ1) is 12.4. The van der Waals surface area contributed by atoms with E-state index in [0.29, 0.717) is 11.4 Å². The van der Waals surface area contributed by atoms with E-state index < -0.39 is 0 Å². The van der Waals surface area contributed by atoms with Crippen molar-refractivity contribution in [3.63, 3.8) is 0 Å². The lowest BCUT2D eigenvalue weighted by molar-refractivity contribution is 0.0639. The quantitative estimate of drug-likeness (QED) is 0.675. The van der Waals surface area contributed by atoms with Crippen LogP contribution < -0.4 is 0 Å². The van der Waals surface area contributed by atoms with Crippen molar-refractivity contribution in [3.8, 4) is 0 Å². The highest BCUT2D eigenvalue weighted by Crippen LogP contribution is 2.25. The molecule has 0 saturated heterocycles. The standard InChI is InChI=1S/C10H20BrNO2/c11-7-10(14)8-12(5-2-6-13)9-3-1-4-9/h9-10,13-14H,1-8H2. The van der Waals surface area contributed by atoms with Crippen LogP contribution in [0.15, 0.2) is 0 Å². The fourth-order valence-electron chi connectivity index (χ4n) is 1.77. The largest absolute Gasteiger partial charge is 0.396 e. The molecule has 0 aromatic heterocycles. The summed E-state index contributed by atoms with van der Waals surface area (Å²) in [5, 5.41) is 19.0. The van der Waals surface area contributed by atoms with Gasteiger partial charge in [0.2, 0.25) is 0 Å².